The van der Waals surface area contributed by atoms with E-state index in [4.69, 9.17) is 10.5 Å². The number of nitrogens with one attached hydrogen (secondary N) is 1. The highest BCUT2D eigenvalue weighted by Gasteiger charge is 2.16. The van der Waals surface area contributed by atoms with Gasteiger partial charge in [-0.3, -0.25) is 4.79 Å². The zero-order chi connectivity index (χ0) is 20.5. The third-order valence-electron chi connectivity index (χ3n) is 4.69. The van der Waals surface area contributed by atoms with E-state index in [1.165, 1.54) is 5.56 Å². The van der Waals surface area contributed by atoms with Crippen molar-refractivity contribution in [2.75, 3.05) is 6.61 Å². The molecule has 0 aliphatic carbocycles. The number of amides is 1. The fourth-order valence-electron chi connectivity index (χ4n) is 3.11. The molecule has 0 aliphatic heterocycles. The van der Waals surface area contributed by atoms with Crippen molar-refractivity contribution >= 4 is 30.7 Å². The standard InChI is InChI=1S/C23H28N4O2.2ClH/c1-2-29-16-20-11-7-6-10-19(20)13-25-23(28)22(24)12-21-15-27(17-26-21)14-18-8-4-3-5-9-18;;/h3-11,15,17,22H,2,12-14,16,24H2,1H3,(H,25,28);2*1H/t22-;;/m0../s1. The summed E-state index contributed by atoms with van der Waals surface area (Å²) in [7, 11) is 0. The van der Waals surface area contributed by atoms with Crippen molar-refractivity contribution in [3.63, 3.8) is 0 Å². The molecular formula is C23H30Cl2N4O2. The molecule has 168 valence electrons. The summed E-state index contributed by atoms with van der Waals surface area (Å²) < 4.78 is 7.49. The van der Waals surface area contributed by atoms with Crippen molar-refractivity contribution in [2.24, 2.45) is 5.73 Å². The van der Waals surface area contributed by atoms with Crippen LogP contribution in [0.4, 0.5) is 0 Å². The van der Waals surface area contributed by atoms with E-state index in [0.29, 0.717) is 26.2 Å². The number of imidazole rings is 1. The highest BCUT2D eigenvalue weighted by molar-refractivity contribution is 5.85. The number of benzene rings is 2. The van der Waals surface area contributed by atoms with Crippen LogP contribution in [0.1, 0.15) is 29.3 Å². The second-order valence-electron chi connectivity index (χ2n) is 6.96. The summed E-state index contributed by atoms with van der Waals surface area (Å²) in [5.41, 5.74) is 10.2. The van der Waals surface area contributed by atoms with Crippen molar-refractivity contribution in [1.82, 2.24) is 14.9 Å². The summed E-state index contributed by atoms with van der Waals surface area (Å²) in [4.78, 5) is 16.8. The van der Waals surface area contributed by atoms with Gasteiger partial charge in [0.15, 0.2) is 0 Å². The maximum Gasteiger partial charge on any atom is 0.237 e. The average Bonchev–Trinajstić information content (AvgIpc) is 3.18. The van der Waals surface area contributed by atoms with Gasteiger partial charge in [0, 0.05) is 32.3 Å². The van der Waals surface area contributed by atoms with Gasteiger partial charge >= 0.3 is 0 Å². The molecule has 1 heterocycles. The predicted octanol–water partition coefficient (Wildman–Crippen LogP) is 3.50. The minimum Gasteiger partial charge on any atom is -0.377 e. The summed E-state index contributed by atoms with van der Waals surface area (Å²) in [5, 5.41) is 2.93. The second-order valence-corrected chi connectivity index (χ2v) is 6.96. The Morgan fingerprint density at radius 2 is 1.77 bits per heavy atom. The van der Waals surface area contributed by atoms with Crippen LogP contribution < -0.4 is 11.1 Å². The van der Waals surface area contributed by atoms with Crippen LogP contribution in [0.2, 0.25) is 0 Å². The minimum atomic E-state index is -0.644. The predicted molar refractivity (Wildman–Crippen MR) is 128 cm³/mol. The number of aromatic nitrogens is 2. The van der Waals surface area contributed by atoms with E-state index in [0.717, 1.165) is 23.4 Å². The second kappa shape index (κ2) is 13.8. The fourth-order valence-corrected chi connectivity index (χ4v) is 3.11. The Bertz CT molecular complexity index is 919. The largest absolute Gasteiger partial charge is 0.377 e. The summed E-state index contributed by atoms with van der Waals surface area (Å²) in [6, 6.07) is 17.4. The van der Waals surface area contributed by atoms with Crippen LogP contribution in [0.3, 0.4) is 0 Å². The molecule has 0 spiro atoms. The van der Waals surface area contributed by atoms with Crippen molar-refractivity contribution in [2.45, 2.75) is 39.1 Å². The van der Waals surface area contributed by atoms with Gasteiger partial charge in [0.1, 0.15) is 0 Å². The van der Waals surface area contributed by atoms with Crippen molar-refractivity contribution in [3.8, 4) is 0 Å². The molecule has 3 rings (SSSR count). The van der Waals surface area contributed by atoms with Crippen molar-refractivity contribution < 1.29 is 9.53 Å². The lowest BCUT2D eigenvalue weighted by molar-refractivity contribution is -0.122. The van der Waals surface area contributed by atoms with Gasteiger partial charge in [0.25, 0.3) is 0 Å². The van der Waals surface area contributed by atoms with Crippen LogP contribution in [-0.4, -0.2) is 28.1 Å². The number of hydrogen-bond donors (Lipinski definition) is 2. The van der Waals surface area contributed by atoms with Gasteiger partial charge in [-0.15, -0.1) is 24.8 Å². The lowest BCUT2D eigenvalue weighted by Crippen LogP contribution is -2.41. The SMILES string of the molecule is CCOCc1ccccc1CNC(=O)[C@@H](N)Cc1cn(Cc2ccccc2)cn1.Cl.Cl. The van der Waals surface area contributed by atoms with E-state index < -0.39 is 6.04 Å². The first kappa shape index (κ1) is 26.7. The van der Waals surface area contributed by atoms with Crippen molar-refractivity contribution in [3.05, 3.63) is 89.5 Å². The molecule has 0 radical (unpaired) electrons. The molecule has 0 unspecified atom stereocenters. The van der Waals surface area contributed by atoms with Crippen LogP contribution in [0.15, 0.2) is 67.1 Å². The Hall–Kier alpha value is -2.38. The molecule has 3 aromatic rings. The van der Waals surface area contributed by atoms with Crippen LogP contribution in [0.5, 0.6) is 0 Å². The molecule has 1 amide bonds. The van der Waals surface area contributed by atoms with Crippen molar-refractivity contribution in [1.29, 1.82) is 0 Å². The highest BCUT2D eigenvalue weighted by Crippen LogP contribution is 2.10. The number of carbonyl (C=O) groups excluding carboxylic acids is 1. The van der Waals surface area contributed by atoms with Gasteiger partial charge in [-0.05, 0) is 23.6 Å². The summed E-state index contributed by atoms with van der Waals surface area (Å²) in [5.74, 6) is -0.186. The lowest BCUT2D eigenvalue weighted by Gasteiger charge is -2.13. The summed E-state index contributed by atoms with van der Waals surface area (Å²) in [6.07, 6.45) is 4.11. The molecule has 0 saturated carbocycles. The van der Waals surface area contributed by atoms with Gasteiger partial charge in [-0.25, -0.2) is 4.98 Å². The lowest BCUT2D eigenvalue weighted by atomic mass is 10.1. The monoisotopic (exact) mass is 464 g/mol. The number of rotatable bonds is 10. The zero-order valence-electron chi connectivity index (χ0n) is 17.6. The number of nitrogens with two attached hydrogens (primary N) is 1. The van der Waals surface area contributed by atoms with Gasteiger partial charge in [-0.1, -0.05) is 54.6 Å². The Morgan fingerprint density at radius 3 is 2.48 bits per heavy atom. The van der Waals surface area contributed by atoms with E-state index >= 15 is 0 Å². The van der Waals surface area contributed by atoms with E-state index in [-0.39, 0.29) is 30.7 Å². The van der Waals surface area contributed by atoms with Gasteiger partial charge in [0.05, 0.1) is 24.7 Å². The maximum absolute atomic E-state index is 12.4. The number of ether oxygens (including phenoxy) is 1. The number of hydrogen-bond acceptors (Lipinski definition) is 4. The molecule has 31 heavy (non-hydrogen) atoms. The number of halogens is 2. The topological polar surface area (TPSA) is 82.2 Å². The van der Waals surface area contributed by atoms with Gasteiger partial charge < -0.3 is 20.4 Å². The number of carbonyl (C=O) groups is 1. The first-order chi connectivity index (χ1) is 14.2. The summed E-state index contributed by atoms with van der Waals surface area (Å²) >= 11 is 0. The fraction of sp³-hybridized carbons (Fsp3) is 0.304. The quantitative estimate of drug-likeness (QED) is 0.480. The third kappa shape index (κ3) is 8.34. The van der Waals surface area contributed by atoms with Crippen LogP contribution in [0.25, 0.3) is 0 Å². The molecule has 0 saturated heterocycles. The van der Waals surface area contributed by atoms with E-state index in [1.807, 2.05) is 60.2 Å². The zero-order valence-corrected chi connectivity index (χ0v) is 19.2. The Labute approximate surface area is 196 Å². The average molecular weight is 465 g/mol. The van der Waals surface area contributed by atoms with Crippen LogP contribution in [-0.2, 0) is 35.6 Å². The Balaban J connectivity index is 0.00000240. The Morgan fingerprint density at radius 1 is 1.10 bits per heavy atom. The molecule has 0 aliphatic rings. The molecule has 0 fully saturated rings. The molecule has 8 heteroatoms. The first-order valence-electron chi connectivity index (χ1n) is 9.88. The number of nitrogens with zero attached hydrogens (tertiary/aromatic N) is 2. The highest BCUT2D eigenvalue weighted by atomic mass is 35.5. The summed E-state index contributed by atoms with van der Waals surface area (Å²) in [6.45, 7) is 4.32. The van der Waals surface area contributed by atoms with Gasteiger partial charge in [-0.2, -0.15) is 0 Å². The normalized spacial score (nSPS) is 11.2. The third-order valence-corrected chi connectivity index (χ3v) is 4.69. The molecule has 1 atom stereocenters. The smallest absolute Gasteiger partial charge is 0.237 e. The van der Waals surface area contributed by atoms with Crippen LogP contribution >= 0.6 is 24.8 Å². The van der Waals surface area contributed by atoms with E-state index in [2.05, 4.69) is 22.4 Å². The minimum absolute atomic E-state index is 0. The van der Waals surface area contributed by atoms with E-state index in [1.54, 1.807) is 6.33 Å². The maximum atomic E-state index is 12.4. The molecule has 1 aromatic heterocycles. The molecular weight excluding hydrogens is 435 g/mol. The molecule has 3 N–H and O–H groups in total. The van der Waals surface area contributed by atoms with Crippen LogP contribution in [0, 0.1) is 0 Å². The van der Waals surface area contributed by atoms with Gasteiger partial charge in [0.2, 0.25) is 5.91 Å². The van der Waals surface area contributed by atoms with E-state index in [9.17, 15) is 4.79 Å². The first-order valence-corrected chi connectivity index (χ1v) is 9.88. The Kier molecular flexibility index (Phi) is 11.9. The molecule has 6 nitrogen and oxygen atoms in total. The molecule has 2 aromatic carbocycles. The molecule has 0 bridgehead atoms.